The van der Waals surface area contributed by atoms with E-state index in [1.807, 2.05) is 31.2 Å². The van der Waals surface area contributed by atoms with Crippen LogP contribution in [-0.2, 0) is 4.79 Å². The van der Waals surface area contributed by atoms with Crippen molar-refractivity contribution < 1.29 is 4.79 Å². The summed E-state index contributed by atoms with van der Waals surface area (Å²) >= 11 is 0. The smallest absolute Gasteiger partial charge is 0.224 e. The van der Waals surface area contributed by atoms with Crippen LogP contribution in [0.4, 0.5) is 5.69 Å². The van der Waals surface area contributed by atoms with Crippen LogP contribution in [0.25, 0.3) is 5.69 Å². The molecule has 0 saturated carbocycles. The molecular formula is C13H18ClN5O. The molecule has 0 bridgehead atoms. The lowest BCUT2D eigenvalue weighted by atomic mass is 10.2. The lowest BCUT2D eigenvalue weighted by Gasteiger charge is -2.07. The number of hydrogen-bond acceptors (Lipinski definition) is 4. The van der Waals surface area contributed by atoms with Crippen LogP contribution in [-0.4, -0.2) is 26.9 Å². The third kappa shape index (κ3) is 4.64. The van der Waals surface area contributed by atoms with Crippen LogP contribution in [0, 0.1) is 0 Å². The maximum atomic E-state index is 11.6. The fourth-order valence-corrected chi connectivity index (χ4v) is 1.63. The number of nitrogens with two attached hydrogens (primary N) is 1. The molecule has 0 aliphatic carbocycles. The van der Waals surface area contributed by atoms with Crippen molar-refractivity contribution in [1.82, 2.24) is 15.0 Å². The Morgan fingerprint density at radius 1 is 1.40 bits per heavy atom. The number of halogens is 1. The van der Waals surface area contributed by atoms with Gasteiger partial charge in [-0.1, -0.05) is 5.21 Å². The lowest BCUT2D eigenvalue weighted by Crippen LogP contribution is -2.19. The quantitative estimate of drug-likeness (QED) is 0.880. The van der Waals surface area contributed by atoms with E-state index in [9.17, 15) is 4.79 Å². The van der Waals surface area contributed by atoms with Gasteiger partial charge < -0.3 is 11.1 Å². The summed E-state index contributed by atoms with van der Waals surface area (Å²) in [6.45, 7) is 1.89. The first kappa shape index (κ1) is 16.1. The summed E-state index contributed by atoms with van der Waals surface area (Å²) < 4.78 is 1.65. The molecule has 2 aromatic rings. The molecule has 1 aromatic heterocycles. The van der Waals surface area contributed by atoms with Crippen molar-refractivity contribution in [3.05, 3.63) is 36.7 Å². The molecule has 2 rings (SSSR count). The van der Waals surface area contributed by atoms with Crippen LogP contribution < -0.4 is 11.1 Å². The predicted octanol–water partition coefficient (Wildman–Crippen LogP) is 1.75. The molecule has 0 aliphatic rings. The zero-order valence-corrected chi connectivity index (χ0v) is 12.0. The summed E-state index contributed by atoms with van der Waals surface area (Å²) in [5.74, 6) is -0.0224. The minimum Gasteiger partial charge on any atom is -0.328 e. The topological polar surface area (TPSA) is 85.8 Å². The first-order valence-electron chi connectivity index (χ1n) is 6.17. The average molecular weight is 296 g/mol. The minimum atomic E-state index is -0.0224. The van der Waals surface area contributed by atoms with Crippen LogP contribution in [0.2, 0.25) is 0 Å². The Morgan fingerprint density at radius 2 is 2.10 bits per heavy atom. The molecule has 0 saturated heterocycles. The van der Waals surface area contributed by atoms with Gasteiger partial charge in [0.15, 0.2) is 0 Å². The van der Waals surface area contributed by atoms with Crippen LogP contribution in [0.5, 0.6) is 0 Å². The number of anilines is 1. The van der Waals surface area contributed by atoms with Crippen molar-refractivity contribution in [2.75, 3.05) is 5.32 Å². The van der Waals surface area contributed by atoms with E-state index in [0.717, 1.165) is 11.4 Å². The zero-order chi connectivity index (χ0) is 13.7. The van der Waals surface area contributed by atoms with Gasteiger partial charge in [0.1, 0.15) is 0 Å². The van der Waals surface area contributed by atoms with Gasteiger partial charge >= 0.3 is 0 Å². The summed E-state index contributed by atoms with van der Waals surface area (Å²) in [6.07, 6.45) is 4.49. The van der Waals surface area contributed by atoms with Crippen molar-refractivity contribution in [3.8, 4) is 5.69 Å². The van der Waals surface area contributed by atoms with Crippen molar-refractivity contribution in [3.63, 3.8) is 0 Å². The molecule has 0 spiro atoms. The summed E-state index contributed by atoms with van der Waals surface area (Å²) in [5.41, 5.74) is 7.27. The van der Waals surface area contributed by atoms with Gasteiger partial charge in [-0.15, -0.1) is 17.5 Å². The van der Waals surface area contributed by atoms with Gasteiger partial charge in [-0.3, -0.25) is 4.79 Å². The van der Waals surface area contributed by atoms with E-state index in [-0.39, 0.29) is 24.4 Å². The summed E-state index contributed by atoms with van der Waals surface area (Å²) in [7, 11) is 0. The number of aromatic nitrogens is 3. The van der Waals surface area contributed by atoms with Gasteiger partial charge in [0.2, 0.25) is 5.91 Å². The third-order valence-electron chi connectivity index (χ3n) is 2.66. The lowest BCUT2D eigenvalue weighted by molar-refractivity contribution is -0.116. The number of benzene rings is 1. The van der Waals surface area contributed by atoms with Crippen LogP contribution in [0.3, 0.4) is 0 Å². The first-order valence-corrected chi connectivity index (χ1v) is 6.17. The molecule has 20 heavy (non-hydrogen) atoms. The Balaban J connectivity index is 0.00000200. The van der Waals surface area contributed by atoms with Crippen LogP contribution in [0.15, 0.2) is 36.7 Å². The van der Waals surface area contributed by atoms with E-state index in [1.165, 1.54) is 0 Å². The van der Waals surface area contributed by atoms with Gasteiger partial charge in [-0.25, -0.2) is 4.68 Å². The second kappa shape index (κ2) is 7.62. The fraction of sp³-hybridized carbons (Fsp3) is 0.308. The molecule has 1 unspecified atom stereocenters. The second-order valence-electron chi connectivity index (χ2n) is 4.46. The summed E-state index contributed by atoms with van der Waals surface area (Å²) in [4.78, 5) is 11.6. The molecule has 6 nitrogen and oxygen atoms in total. The Morgan fingerprint density at radius 3 is 2.65 bits per heavy atom. The van der Waals surface area contributed by atoms with Crippen LogP contribution in [0.1, 0.15) is 19.8 Å². The first-order chi connectivity index (χ1) is 9.15. The van der Waals surface area contributed by atoms with Crippen molar-refractivity contribution >= 4 is 24.0 Å². The minimum absolute atomic E-state index is 0. The monoisotopic (exact) mass is 295 g/mol. The largest absolute Gasteiger partial charge is 0.328 e. The van der Waals surface area contributed by atoms with E-state index in [1.54, 1.807) is 17.1 Å². The van der Waals surface area contributed by atoms with Crippen LogP contribution >= 0.6 is 12.4 Å². The van der Waals surface area contributed by atoms with Gasteiger partial charge in [0, 0.05) is 18.2 Å². The number of carbonyl (C=O) groups is 1. The Labute approximate surface area is 123 Å². The highest BCUT2D eigenvalue weighted by Crippen LogP contribution is 2.12. The third-order valence-corrected chi connectivity index (χ3v) is 2.66. The highest BCUT2D eigenvalue weighted by atomic mass is 35.5. The van der Waals surface area contributed by atoms with E-state index in [0.29, 0.717) is 12.8 Å². The Kier molecular flexibility index (Phi) is 6.14. The van der Waals surface area contributed by atoms with E-state index < -0.39 is 0 Å². The molecule has 1 atom stereocenters. The number of carbonyl (C=O) groups excluding carboxylic acids is 1. The molecule has 3 N–H and O–H groups in total. The van der Waals surface area contributed by atoms with E-state index in [2.05, 4.69) is 15.6 Å². The number of hydrogen-bond donors (Lipinski definition) is 2. The van der Waals surface area contributed by atoms with Crippen molar-refractivity contribution in [1.29, 1.82) is 0 Å². The summed E-state index contributed by atoms with van der Waals surface area (Å²) in [5, 5.41) is 10.5. The fourth-order valence-electron chi connectivity index (χ4n) is 1.63. The van der Waals surface area contributed by atoms with E-state index in [4.69, 9.17) is 5.73 Å². The number of rotatable bonds is 5. The van der Waals surface area contributed by atoms with Gasteiger partial charge in [0.05, 0.1) is 18.1 Å². The number of nitrogens with zero attached hydrogens (tertiary/aromatic N) is 3. The molecule has 1 amide bonds. The molecule has 0 radical (unpaired) electrons. The maximum absolute atomic E-state index is 11.6. The summed E-state index contributed by atoms with van der Waals surface area (Å²) in [6, 6.07) is 7.45. The molecule has 0 fully saturated rings. The number of nitrogens with one attached hydrogen (secondary N) is 1. The van der Waals surface area contributed by atoms with Crippen molar-refractivity contribution in [2.45, 2.75) is 25.8 Å². The van der Waals surface area contributed by atoms with Gasteiger partial charge in [-0.2, -0.15) is 0 Å². The maximum Gasteiger partial charge on any atom is 0.224 e. The van der Waals surface area contributed by atoms with Gasteiger partial charge in [0.25, 0.3) is 0 Å². The Hall–Kier alpha value is -1.92. The molecule has 7 heteroatoms. The molecule has 1 heterocycles. The van der Waals surface area contributed by atoms with Gasteiger partial charge in [-0.05, 0) is 37.6 Å². The zero-order valence-electron chi connectivity index (χ0n) is 11.2. The van der Waals surface area contributed by atoms with E-state index >= 15 is 0 Å². The SMILES string of the molecule is CC(N)CCC(=O)Nc1ccc(-n2ccnn2)cc1.Cl. The molecule has 1 aromatic carbocycles. The van der Waals surface area contributed by atoms with Crippen molar-refractivity contribution in [2.24, 2.45) is 5.73 Å². The predicted molar refractivity (Wildman–Crippen MR) is 80.1 cm³/mol. The normalized spacial score (nSPS) is 11.5. The standard InChI is InChI=1S/C13H17N5O.ClH/c1-10(14)2-7-13(19)16-11-3-5-12(6-4-11)18-9-8-15-17-18;/h3-6,8-10H,2,7,14H2,1H3,(H,16,19);1H. The molecule has 108 valence electrons. The second-order valence-corrected chi connectivity index (χ2v) is 4.46. The molecule has 0 aliphatic heterocycles. The highest BCUT2D eigenvalue weighted by molar-refractivity contribution is 5.90. The average Bonchev–Trinajstić information content (AvgIpc) is 2.91. The Bertz CT molecular complexity index is 524. The molecular weight excluding hydrogens is 278 g/mol. The number of amides is 1. The highest BCUT2D eigenvalue weighted by Gasteiger charge is 2.04.